The molecule has 0 N–H and O–H groups in total. The Balaban J connectivity index is 2.83. The Morgan fingerprint density at radius 1 is 0.789 bits per heavy atom. The zero-order chi connectivity index (χ0) is 14.3. The minimum atomic E-state index is -0.891. The number of hydrogen-bond donors (Lipinski definition) is 0. The molecule has 99 valence electrons. The van der Waals surface area contributed by atoms with E-state index in [1.54, 1.807) is 0 Å². The normalized spacial score (nSPS) is 10.9. The molecule has 0 fully saturated rings. The van der Waals surface area contributed by atoms with Crippen LogP contribution in [0.5, 0.6) is 0 Å². The summed E-state index contributed by atoms with van der Waals surface area (Å²) < 4.78 is 26.6. The molecule has 2 rings (SSSR count). The molecule has 0 nitrogen and oxygen atoms in total. The first kappa shape index (κ1) is 15.1. The van der Waals surface area contributed by atoms with E-state index in [4.69, 9.17) is 58.0 Å². The van der Waals surface area contributed by atoms with Crippen LogP contribution in [0.25, 0.3) is 11.1 Å². The highest BCUT2D eigenvalue weighted by Crippen LogP contribution is 2.48. The fourth-order valence-electron chi connectivity index (χ4n) is 1.46. The van der Waals surface area contributed by atoms with E-state index < -0.39 is 11.6 Å². The maximum absolute atomic E-state index is 13.8. The molecule has 0 atom stereocenters. The molecule has 0 spiro atoms. The van der Waals surface area contributed by atoms with Crippen molar-refractivity contribution in [3.63, 3.8) is 0 Å². The van der Waals surface area contributed by atoms with Crippen LogP contribution in [0, 0.1) is 17.7 Å². The van der Waals surface area contributed by atoms with Crippen LogP contribution in [0.1, 0.15) is 0 Å². The van der Waals surface area contributed by atoms with Gasteiger partial charge >= 0.3 is 0 Å². The second-order valence-electron chi connectivity index (χ2n) is 3.49. The van der Waals surface area contributed by atoms with Gasteiger partial charge in [-0.15, -0.1) is 0 Å². The highest BCUT2D eigenvalue weighted by Gasteiger charge is 2.22. The highest BCUT2D eigenvalue weighted by atomic mass is 35.5. The minimum Gasteiger partial charge on any atom is -0.207 e. The summed E-state index contributed by atoms with van der Waals surface area (Å²) in [7, 11) is 0. The third-order valence-electron chi connectivity index (χ3n) is 2.32. The van der Waals surface area contributed by atoms with Crippen LogP contribution in [-0.2, 0) is 0 Å². The first-order valence-corrected chi connectivity index (χ1v) is 6.62. The Labute approximate surface area is 132 Å². The van der Waals surface area contributed by atoms with Gasteiger partial charge in [-0.2, -0.15) is 0 Å². The van der Waals surface area contributed by atoms with Gasteiger partial charge in [-0.05, 0) is 12.1 Å². The maximum Gasteiger partial charge on any atom is 0.134 e. The molecule has 0 saturated heterocycles. The summed E-state index contributed by atoms with van der Waals surface area (Å²) in [4.78, 5) is 0. The number of halogens is 7. The second kappa shape index (κ2) is 5.63. The average molecular weight is 361 g/mol. The summed E-state index contributed by atoms with van der Waals surface area (Å²) in [5, 5.41) is -0.329. The van der Waals surface area contributed by atoms with Crippen molar-refractivity contribution in [2.45, 2.75) is 0 Å². The minimum absolute atomic E-state index is 0.0141. The van der Waals surface area contributed by atoms with E-state index in [-0.39, 0.29) is 36.2 Å². The van der Waals surface area contributed by atoms with Gasteiger partial charge in [-0.25, -0.2) is 8.78 Å². The maximum atomic E-state index is 13.8. The van der Waals surface area contributed by atoms with Crippen molar-refractivity contribution in [2.24, 2.45) is 0 Å². The predicted octanol–water partition coefficient (Wildman–Crippen LogP) is 6.70. The monoisotopic (exact) mass is 359 g/mol. The van der Waals surface area contributed by atoms with Crippen LogP contribution < -0.4 is 0 Å². The van der Waals surface area contributed by atoms with Crippen molar-refractivity contribution in [2.75, 3.05) is 0 Å². The van der Waals surface area contributed by atoms with Crippen LogP contribution in [0.3, 0.4) is 0 Å². The van der Waals surface area contributed by atoms with E-state index >= 15 is 0 Å². The largest absolute Gasteiger partial charge is 0.207 e. The smallest absolute Gasteiger partial charge is 0.134 e. The molecule has 0 bridgehead atoms. The summed E-state index contributed by atoms with van der Waals surface area (Å²) in [6, 6.07) is 4.02. The predicted molar refractivity (Wildman–Crippen MR) is 75.7 cm³/mol. The first-order valence-electron chi connectivity index (χ1n) is 4.73. The Kier molecular flexibility index (Phi) is 4.49. The Morgan fingerprint density at radius 2 is 1.26 bits per heavy atom. The van der Waals surface area contributed by atoms with Crippen LogP contribution >= 0.6 is 58.0 Å². The van der Waals surface area contributed by atoms with E-state index in [0.717, 1.165) is 6.07 Å². The summed E-state index contributed by atoms with van der Waals surface area (Å²) in [6.45, 7) is 0. The Hall–Kier alpha value is -0.250. The van der Waals surface area contributed by atoms with Crippen molar-refractivity contribution in [3.05, 3.63) is 54.9 Å². The SMILES string of the molecule is Fc1c[c]c(-c2c(Cl)c(Cl)c(Cl)c(Cl)c2Cl)c(F)c1. The highest BCUT2D eigenvalue weighted by molar-refractivity contribution is 6.56. The summed E-state index contributed by atoms with van der Waals surface area (Å²) in [6.07, 6.45) is 0. The molecular weight excluding hydrogens is 359 g/mol. The number of rotatable bonds is 1. The molecule has 7 heteroatoms. The molecule has 0 unspecified atom stereocenters. The van der Waals surface area contributed by atoms with E-state index in [2.05, 4.69) is 6.07 Å². The van der Waals surface area contributed by atoms with Crippen molar-refractivity contribution in [1.29, 1.82) is 0 Å². The van der Waals surface area contributed by atoms with Gasteiger partial charge in [-0.1, -0.05) is 58.0 Å². The topological polar surface area (TPSA) is 0 Å². The molecule has 19 heavy (non-hydrogen) atoms. The van der Waals surface area contributed by atoms with Crippen LogP contribution in [0.15, 0.2) is 12.1 Å². The van der Waals surface area contributed by atoms with E-state index in [0.29, 0.717) is 6.07 Å². The number of hydrogen-bond acceptors (Lipinski definition) is 0. The lowest BCUT2D eigenvalue weighted by molar-refractivity contribution is 0.585. The van der Waals surface area contributed by atoms with E-state index in [1.807, 2.05) is 0 Å². The molecule has 0 aliphatic carbocycles. The molecule has 0 aliphatic rings. The van der Waals surface area contributed by atoms with Gasteiger partial charge in [0.2, 0.25) is 0 Å². The van der Waals surface area contributed by atoms with Gasteiger partial charge in [0.05, 0.1) is 25.1 Å². The van der Waals surface area contributed by atoms with Gasteiger partial charge in [0.25, 0.3) is 0 Å². The third kappa shape index (κ3) is 2.65. The molecule has 0 heterocycles. The molecule has 0 aliphatic heterocycles. The van der Waals surface area contributed by atoms with E-state index in [1.165, 1.54) is 0 Å². The van der Waals surface area contributed by atoms with Gasteiger partial charge in [0, 0.05) is 17.2 Å². The second-order valence-corrected chi connectivity index (χ2v) is 5.38. The molecule has 2 aromatic rings. The Bertz CT molecular complexity index is 641. The number of benzene rings is 2. The molecule has 0 saturated carbocycles. The van der Waals surface area contributed by atoms with Gasteiger partial charge in [0.1, 0.15) is 11.6 Å². The Morgan fingerprint density at radius 3 is 1.74 bits per heavy atom. The van der Waals surface area contributed by atoms with Crippen LogP contribution in [0.4, 0.5) is 8.78 Å². The summed E-state index contributed by atoms with van der Waals surface area (Å²) in [5.41, 5.74) is -0.128. The molecule has 0 aromatic heterocycles. The van der Waals surface area contributed by atoms with E-state index in [9.17, 15) is 8.78 Å². The fourth-order valence-corrected chi connectivity index (χ4v) is 2.79. The fraction of sp³-hybridized carbons (Fsp3) is 0. The van der Waals surface area contributed by atoms with Crippen molar-refractivity contribution < 1.29 is 8.78 Å². The third-order valence-corrected chi connectivity index (χ3v) is 4.59. The van der Waals surface area contributed by atoms with Crippen LogP contribution in [-0.4, -0.2) is 0 Å². The first-order chi connectivity index (χ1) is 8.84. The van der Waals surface area contributed by atoms with Gasteiger partial charge < -0.3 is 0 Å². The quantitative estimate of drug-likeness (QED) is 0.392. The average Bonchev–Trinajstić information content (AvgIpc) is 2.37. The lowest BCUT2D eigenvalue weighted by Crippen LogP contribution is -1.91. The molecule has 0 amide bonds. The zero-order valence-corrected chi connectivity index (χ0v) is 12.6. The molecule has 1 radical (unpaired) electrons. The van der Waals surface area contributed by atoms with Crippen molar-refractivity contribution in [3.8, 4) is 11.1 Å². The molecule has 2 aromatic carbocycles. The lowest BCUT2D eigenvalue weighted by atomic mass is 10.0. The van der Waals surface area contributed by atoms with Crippen LogP contribution in [0.2, 0.25) is 25.1 Å². The summed E-state index contributed by atoms with van der Waals surface area (Å²) >= 11 is 29.5. The summed E-state index contributed by atoms with van der Waals surface area (Å²) in [5.74, 6) is -1.67. The van der Waals surface area contributed by atoms with Gasteiger partial charge in [0.15, 0.2) is 0 Å². The standard InChI is InChI=1S/C12H2Cl5F2/c13-8-7(5-2-1-4(18)3-6(5)19)9(14)11(16)12(17)10(8)15/h1,3H. The lowest BCUT2D eigenvalue weighted by Gasteiger charge is -2.13. The van der Waals surface area contributed by atoms with Crippen molar-refractivity contribution >= 4 is 58.0 Å². The van der Waals surface area contributed by atoms with Crippen molar-refractivity contribution in [1.82, 2.24) is 0 Å². The zero-order valence-electron chi connectivity index (χ0n) is 8.80. The molecular formula is C12H2Cl5F2. The van der Waals surface area contributed by atoms with Gasteiger partial charge in [-0.3, -0.25) is 0 Å².